The highest BCUT2D eigenvalue weighted by atomic mass is 19.4. The molecule has 4 N–H and O–H groups in total. The summed E-state index contributed by atoms with van der Waals surface area (Å²) in [6.07, 6.45) is -2.22. The molecule has 1 amide bonds. The van der Waals surface area contributed by atoms with Crippen molar-refractivity contribution in [3.05, 3.63) is 42.7 Å². The van der Waals surface area contributed by atoms with Gasteiger partial charge in [-0.15, -0.1) is 0 Å². The normalized spacial score (nSPS) is 11.4. The van der Waals surface area contributed by atoms with E-state index < -0.39 is 23.8 Å². The number of carboxylic acid groups (broad SMARTS) is 1. The van der Waals surface area contributed by atoms with Crippen molar-refractivity contribution in [2.75, 3.05) is 18.9 Å². The molecule has 3 aromatic heterocycles. The van der Waals surface area contributed by atoms with Gasteiger partial charge in [0.2, 0.25) is 0 Å². The maximum Gasteiger partial charge on any atom is 0.490 e. The number of nitrogen functional groups attached to an aromatic ring is 1. The smallest absolute Gasteiger partial charge is 0.490 e. The van der Waals surface area contributed by atoms with Crippen LogP contribution in [0.3, 0.4) is 0 Å². The number of alkyl halides is 3. The second-order valence-corrected chi connectivity index (χ2v) is 8.71. The second kappa shape index (κ2) is 11.7. The van der Waals surface area contributed by atoms with Crippen LogP contribution >= 0.6 is 0 Å². The van der Waals surface area contributed by atoms with Crippen molar-refractivity contribution in [3.8, 4) is 23.0 Å². The third-order valence-corrected chi connectivity index (χ3v) is 4.56. The van der Waals surface area contributed by atoms with Crippen molar-refractivity contribution in [2.45, 2.75) is 32.5 Å². The number of amides is 1. The van der Waals surface area contributed by atoms with E-state index in [1.165, 1.54) is 0 Å². The van der Waals surface area contributed by atoms with Crippen LogP contribution in [-0.2, 0) is 9.53 Å². The van der Waals surface area contributed by atoms with Gasteiger partial charge in [0.15, 0.2) is 17.3 Å². The zero-order valence-electron chi connectivity index (χ0n) is 20.9. The van der Waals surface area contributed by atoms with Crippen LogP contribution < -0.4 is 15.8 Å². The number of fused-ring (bicyclic) bond motifs is 1. The van der Waals surface area contributed by atoms with Crippen LogP contribution in [0.1, 0.15) is 20.8 Å². The molecule has 0 unspecified atom stereocenters. The van der Waals surface area contributed by atoms with Crippen molar-refractivity contribution < 1.29 is 42.0 Å². The Labute approximate surface area is 218 Å². The van der Waals surface area contributed by atoms with E-state index >= 15 is 0 Å². The zero-order chi connectivity index (χ0) is 28.8. The van der Waals surface area contributed by atoms with Crippen molar-refractivity contribution in [1.82, 2.24) is 30.2 Å². The number of carbonyl (C=O) groups is 2. The molecule has 0 aliphatic carbocycles. The summed E-state index contributed by atoms with van der Waals surface area (Å²) < 4.78 is 49.3. The number of imidazole rings is 1. The molecule has 0 saturated carbocycles. The molecule has 13 nitrogen and oxygen atoms in total. The van der Waals surface area contributed by atoms with Gasteiger partial charge in [-0.1, -0.05) is 0 Å². The number of carbonyl (C=O) groups excluding carboxylic acids is 1. The zero-order valence-corrected chi connectivity index (χ0v) is 20.9. The van der Waals surface area contributed by atoms with Crippen LogP contribution in [0.2, 0.25) is 0 Å². The first-order valence-corrected chi connectivity index (χ1v) is 11.2. The number of hydrogen-bond acceptors (Lipinski definition) is 10. The lowest BCUT2D eigenvalue weighted by Crippen LogP contribution is -2.34. The number of ether oxygens (including phenoxy) is 2. The summed E-state index contributed by atoms with van der Waals surface area (Å²) in [4.78, 5) is 29.3. The minimum absolute atomic E-state index is 0.145. The molecule has 0 bridgehead atoms. The van der Waals surface area contributed by atoms with Crippen molar-refractivity contribution in [3.63, 3.8) is 0 Å². The summed E-state index contributed by atoms with van der Waals surface area (Å²) in [7, 11) is 0. The van der Waals surface area contributed by atoms with Gasteiger partial charge in [0.05, 0.1) is 18.3 Å². The molecular formula is C23H24F3N7O6. The van der Waals surface area contributed by atoms with Gasteiger partial charge in [0.25, 0.3) is 0 Å². The first kappa shape index (κ1) is 28.7. The quantitative estimate of drug-likeness (QED) is 0.298. The molecule has 0 saturated heterocycles. The Morgan fingerprint density at radius 1 is 1.13 bits per heavy atom. The summed E-state index contributed by atoms with van der Waals surface area (Å²) in [5.74, 6) is -1.48. The lowest BCUT2D eigenvalue weighted by molar-refractivity contribution is -0.192. The molecule has 16 heteroatoms. The monoisotopic (exact) mass is 551 g/mol. The Bertz CT molecular complexity index is 1430. The molecule has 0 radical (unpaired) electrons. The maximum atomic E-state index is 11.7. The fourth-order valence-electron chi connectivity index (χ4n) is 3.03. The van der Waals surface area contributed by atoms with Gasteiger partial charge >= 0.3 is 18.2 Å². The Morgan fingerprint density at radius 2 is 1.79 bits per heavy atom. The van der Waals surface area contributed by atoms with Crippen LogP contribution in [-0.4, -0.2) is 66.9 Å². The molecule has 0 spiro atoms. The first-order chi connectivity index (χ1) is 18.3. The number of alkyl carbamates (subject to hydrolysis) is 1. The van der Waals surface area contributed by atoms with Gasteiger partial charge in [-0.2, -0.15) is 13.2 Å². The Hall–Kier alpha value is -4.89. The number of benzene rings is 1. The minimum atomic E-state index is -5.08. The Balaban J connectivity index is 0.000000532. The number of carboxylic acids is 1. The molecule has 4 aromatic rings. The van der Waals surface area contributed by atoms with Crippen LogP contribution in [0.4, 0.5) is 23.8 Å². The average Bonchev–Trinajstić information content (AvgIpc) is 3.44. The summed E-state index contributed by atoms with van der Waals surface area (Å²) in [6, 6.07) is 9.26. The number of hydrogen-bond donors (Lipinski definition) is 3. The highest BCUT2D eigenvalue weighted by Gasteiger charge is 2.38. The number of rotatable bonds is 6. The molecular weight excluding hydrogens is 527 g/mol. The topological polar surface area (TPSA) is 181 Å². The largest absolute Gasteiger partial charge is 0.492 e. The van der Waals surface area contributed by atoms with Crippen molar-refractivity contribution >= 4 is 28.9 Å². The Morgan fingerprint density at radius 3 is 2.36 bits per heavy atom. The molecule has 0 fully saturated rings. The maximum absolute atomic E-state index is 11.7. The lowest BCUT2D eigenvalue weighted by Gasteiger charge is -2.19. The van der Waals surface area contributed by atoms with E-state index in [0.717, 1.165) is 11.2 Å². The van der Waals surface area contributed by atoms with E-state index in [1.807, 2.05) is 55.7 Å². The van der Waals surface area contributed by atoms with E-state index in [2.05, 4.69) is 25.6 Å². The Kier molecular flexibility index (Phi) is 8.57. The number of halogens is 3. The lowest BCUT2D eigenvalue weighted by atomic mass is 10.2. The van der Waals surface area contributed by atoms with Gasteiger partial charge in [-0.25, -0.2) is 19.2 Å². The van der Waals surface area contributed by atoms with E-state index in [4.69, 9.17) is 29.7 Å². The molecule has 4 rings (SSSR count). The molecule has 1 aromatic carbocycles. The average molecular weight is 551 g/mol. The molecule has 0 aliphatic heterocycles. The third-order valence-electron chi connectivity index (χ3n) is 4.56. The van der Waals surface area contributed by atoms with Crippen LogP contribution in [0, 0.1) is 0 Å². The predicted molar refractivity (Wildman–Crippen MR) is 130 cm³/mol. The number of anilines is 1. The number of aliphatic carboxylic acids is 1. The first-order valence-electron chi connectivity index (χ1n) is 11.2. The third kappa shape index (κ3) is 7.80. The molecule has 39 heavy (non-hydrogen) atoms. The van der Waals surface area contributed by atoms with Crippen molar-refractivity contribution in [2.24, 2.45) is 0 Å². The molecule has 0 aliphatic rings. The van der Waals surface area contributed by atoms with Crippen LogP contribution in [0.5, 0.6) is 5.75 Å². The highest BCUT2D eigenvalue weighted by Crippen LogP contribution is 2.30. The summed E-state index contributed by atoms with van der Waals surface area (Å²) in [6.45, 7) is 6.04. The predicted octanol–water partition coefficient (Wildman–Crippen LogP) is 3.59. The van der Waals surface area contributed by atoms with E-state index in [0.29, 0.717) is 35.9 Å². The SMILES string of the molecule is CC(C)(C)OC(=O)NCCOc1ccc(-n2c(-c3nonc3N)nc3cnccc32)cc1.O=C(O)C(F)(F)F. The summed E-state index contributed by atoms with van der Waals surface area (Å²) in [5, 5.41) is 17.3. The van der Waals surface area contributed by atoms with Gasteiger partial charge in [-0.05, 0) is 61.4 Å². The number of nitrogens with two attached hydrogens (primary N) is 1. The van der Waals surface area contributed by atoms with Gasteiger partial charge in [0.1, 0.15) is 23.5 Å². The minimum Gasteiger partial charge on any atom is -0.492 e. The number of pyridine rings is 1. The highest BCUT2D eigenvalue weighted by molar-refractivity contribution is 5.83. The molecule has 208 valence electrons. The second-order valence-electron chi connectivity index (χ2n) is 8.71. The van der Waals surface area contributed by atoms with E-state index in [1.54, 1.807) is 12.4 Å². The van der Waals surface area contributed by atoms with Crippen LogP contribution in [0.15, 0.2) is 47.4 Å². The standard InChI is InChI=1S/C21H23N7O4.C2HF3O2/c1-21(2,3)31-20(29)24-10-11-30-14-6-4-13(5-7-14)28-16-8-9-23-12-15(16)25-19(28)17-18(22)27-32-26-17;3-2(4,5)1(6)7/h4-9,12H,10-11H2,1-3H3,(H2,22,27)(H,24,29);(H,6,7). The molecule has 0 atom stereocenters. The summed E-state index contributed by atoms with van der Waals surface area (Å²) in [5.41, 5.74) is 8.01. The molecule has 3 heterocycles. The fraction of sp³-hybridized carbons (Fsp3) is 0.304. The van der Waals surface area contributed by atoms with E-state index in [9.17, 15) is 18.0 Å². The van der Waals surface area contributed by atoms with Gasteiger partial charge in [-0.3, -0.25) is 9.55 Å². The number of nitrogens with zero attached hydrogens (tertiary/aromatic N) is 5. The van der Waals surface area contributed by atoms with Gasteiger partial charge < -0.3 is 25.6 Å². The summed E-state index contributed by atoms with van der Waals surface area (Å²) >= 11 is 0. The fourth-order valence-corrected chi connectivity index (χ4v) is 3.03. The van der Waals surface area contributed by atoms with Crippen LogP contribution in [0.25, 0.3) is 28.2 Å². The van der Waals surface area contributed by atoms with Crippen molar-refractivity contribution in [1.29, 1.82) is 0 Å². The van der Waals surface area contributed by atoms with E-state index in [-0.39, 0.29) is 5.82 Å². The number of aromatic nitrogens is 5. The van der Waals surface area contributed by atoms with Gasteiger partial charge in [0, 0.05) is 11.9 Å². The number of nitrogens with one attached hydrogen (secondary N) is 1.